The van der Waals surface area contributed by atoms with Crippen molar-refractivity contribution < 1.29 is 14.2 Å². The molecule has 0 bridgehead atoms. The van der Waals surface area contributed by atoms with Crippen molar-refractivity contribution in [1.82, 2.24) is 0 Å². The van der Waals surface area contributed by atoms with Gasteiger partial charge in [0.2, 0.25) is 5.91 Å². The van der Waals surface area contributed by atoms with E-state index in [0.29, 0.717) is 13.0 Å². The van der Waals surface area contributed by atoms with E-state index in [1.54, 1.807) is 25.3 Å². The number of hydrogen-bond donors (Lipinski definition) is 1. The monoisotopic (exact) mass is 263 g/mol. The van der Waals surface area contributed by atoms with Gasteiger partial charge in [0.15, 0.2) is 0 Å². The molecule has 4 nitrogen and oxygen atoms in total. The predicted molar refractivity (Wildman–Crippen MR) is 78.0 cm³/mol. The van der Waals surface area contributed by atoms with Gasteiger partial charge in [-0.25, -0.2) is 0 Å². The van der Waals surface area contributed by atoms with Gasteiger partial charge in [0, 0.05) is 12.7 Å². The molecule has 0 unspecified atom stereocenters. The van der Waals surface area contributed by atoms with E-state index < -0.39 is 17.1 Å². The topological polar surface area (TPSA) is 61.6 Å². The molecule has 1 aromatic carbocycles. The van der Waals surface area contributed by atoms with Crippen LogP contribution in [0.5, 0.6) is 0 Å². The first-order valence-corrected chi connectivity index (χ1v) is 6.27. The van der Waals surface area contributed by atoms with Crippen molar-refractivity contribution in [1.29, 1.82) is 0 Å². The first kappa shape index (κ1) is 15.7. The average Bonchev–Trinajstić information content (AvgIpc) is 2.36. The Kier molecular flexibility index (Phi) is 4.77. The second kappa shape index (κ2) is 5.76. The van der Waals surface area contributed by atoms with Crippen LogP contribution in [0.3, 0.4) is 0 Å². The number of ether oxygens (including phenoxy) is 1. The molecule has 0 fully saturated rings. The summed E-state index contributed by atoms with van der Waals surface area (Å²) in [6.07, 6.45) is 0. The van der Waals surface area contributed by atoms with Gasteiger partial charge in [0.1, 0.15) is 0 Å². The average molecular weight is 263 g/mol. The Morgan fingerprint density at radius 1 is 1.21 bits per heavy atom. The fourth-order valence-corrected chi connectivity index (χ4v) is 1.50. The quantitative estimate of drug-likeness (QED) is 0.778. The fraction of sp³-hybridized carbons (Fsp3) is 0.500. The largest absolute Gasteiger partial charge is 0.427 e. The van der Waals surface area contributed by atoms with E-state index in [4.69, 9.17) is 15.1 Å². The Hall–Kier alpha value is -1.33. The van der Waals surface area contributed by atoms with Gasteiger partial charge < -0.3 is 15.1 Å². The van der Waals surface area contributed by atoms with Gasteiger partial charge in [0.25, 0.3) is 0 Å². The maximum Gasteiger partial charge on any atom is 0.309 e. The maximum atomic E-state index is 11.1. The Morgan fingerprint density at radius 3 is 2.37 bits per heavy atom. The number of benzene rings is 1. The zero-order valence-electron chi connectivity index (χ0n) is 12.3. The summed E-state index contributed by atoms with van der Waals surface area (Å²) in [5, 5.41) is 0. The standard InChI is InChI=1S/C14H22BNO3/c1-13(2,18-5)14(3,4)19-15-11-8-6-7-10(9-11)12(16)17/h6-9,15H,1-5H3,(H2,16,17). The van der Waals surface area contributed by atoms with Crippen molar-refractivity contribution in [3.63, 3.8) is 0 Å². The fourth-order valence-electron chi connectivity index (χ4n) is 1.50. The van der Waals surface area contributed by atoms with Crippen LogP contribution in [-0.4, -0.2) is 31.7 Å². The van der Waals surface area contributed by atoms with Gasteiger partial charge in [-0.05, 0) is 33.8 Å². The smallest absolute Gasteiger partial charge is 0.309 e. The maximum absolute atomic E-state index is 11.1. The molecule has 0 saturated heterocycles. The molecule has 0 radical (unpaired) electrons. The van der Waals surface area contributed by atoms with Crippen LogP contribution >= 0.6 is 0 Å². The summed E-state index contributed by atoms with van der Waals surface area (Å²) in [6, 6.07) is 7.14. The molecule has 2 N–H and O–H groups in total. The molecule has 19 heavy (non-hydrogen) atoms. The van der Waals surface area contributed by atoms with Gasteiger partial charge >= 0.3 is 7.48 Å². The van der Waals surface area contributed by atoms with Crippen LogP contribution in [-0.2, 0) is 9.39 Å². The Bertz CT molecular complexity index is 458. The summed E-state index contributed by atoms with van der Waals surface area (Å²) < 4.78 is 11.4. The molecule has 0 aliphatic carbocycles. The van der Waals surface area contributed by atoms with Crippen molar-refractivity contribution in [3.8, 4) is 0 Å². The molecular weight excluding hydrogens is 241 g/mol. The van der Waals surface area contributed by atoms with E-state index in [1.165, 1.54) is 0 Å². The van der Waals surface area contributed by atoms with Gasteiger partial charge in [0.05, 0.1) is 11.2 Å². The Labute approximate surface area is 115 Å². The number of hydrogen-bond acceptors (Lipinski definition) is 3. The molecule has 0 saturated carbocycles. The summed E-state index contributed by atoms with van der Waals surface area (Å²) in [7, 11) is 2.07. The molecule has 0 atom stereocenters. The second-order valence-corrected chi connectivity index (χ2v) is 5.58. The lowest BCUT2D eigenvalue weighted by Gasteiger charge is -2.40. The summed E-state index contributed by atoms with van der Waals surface area (Å²) in [4.78, 5) is 11.1. The molecule has 0 aromatic heterocycles. The van der Waals surface area contributed by atoms with Crippen LogP contribution in [0, 0.1) is 0 Å². The molecule has 0 aliphatic heterocycles. The summed E-state index contributed by atoms with van der Waals surface area (Å²) in [6.45, 7) is 7.92. The lowest BCUT2D eigenvalue weighted by molar-refractivity contribution is -0.114. The van der Waals surface area contributed by atoms with Crippen LogP contribution in [0.15, 0.2) is 24.3 Å². The molecular formula is C14H22BNO3. The van der Waals surface area contributed by atoms with Gasteiger partial charge in [-0.3, -0.25) is 4.79 Å². The lowest BCUT2D eigenvalue weighted by Crippen LogP contribution is -2.50. The van der Waals surface area contributed by atoms with E-state index in [9.17, 15) is 4.79 Å². The van der Waals surface area contributed by atoms with Crippen LogP contribution in [0.4, 0.5) is 0 Å². The highest BCUT2D eigenvalue weighted by Crippen LogP contribution is 2.27. The molecule has 104 valence electrons. The van der Waals surface area contributed by atoms with E-state index in [-0.39, 0.29) is 0 Å². The molecule has 1 aromatic rings. The third-order valence-electron chi connectivity index (χ3n) is 3.77. The molecule has 0 spiro atoms. The third kappa shape index (κ3) is 3.82. The van der Waals surface area contributed by atoms with Gasteiger partial charge in [-0.1, -0.05) is 23.7 Å². The number of primary amides is 1. The first-order chi connectivity index (χ1) is 8.69. The summed E-state index contributed by atoms with van der Waals surface area (Å²) in [5.41, 5.74) is 5.80. The van der Waals surface area contributed by atoms with Crippen molar-refractivity contribution >= 4 is 18.9 Å². The molecule has 1 amide bonds. The Morgan fingerprint density at radius 2 is 1.84 bits per heavy atom. The second-order valence-electron chi connectivity index (χ2n) is 5.58. The number of nitrogens with two attached hydrogens (primary N) is 1. The minimum atomic E-state index is -0.454. The highest BCUT2D eigenvalue weighted by molar-refractivity contribution is 6.47. The van der Waals surface area contributed by atoms with E-state index in [2.05, 4.69) is 0 Å². The van der Waals surface area contributed by atoms with Crippen LogP contribution in [0.2, 0.25) is 0 Å². The van der Waals surface area contributed by atoms with E-state index >= 15 is 0 Å². The van der Waals surface area contributed by atoms with Crippen molar-refractivity contribution in [2.45, 2.75) is 38.9 Å². The van der Waals surface area contributed by atoms with Gasteiger partial charge in [-0.15, -0.1) is 0 Å². The van der Waals surface area contributed by atoms with Gasteiger partial charge in [-0.2, -0.15) is 0 Å². The van der Waals surface area contributed by atoms with Crippen molar-refractivity contribution in [3.05, 3.63) is 29.8 Å². The number of rotatable bonds is 6. The number of carbonyl (C=O) groups excluding carboxylic acids is 1. The summed E-state index contributed by atoms with van der Waals surface area (Å²) in [5.74, 6) is -0.432. The highest BCUT2D eigenvalue weighted by Gasteiger charge is 2.37. The first-order valence-electron chi connectivity index (χ1n) is 6.27. The predicted octanol–water partition coefficient (Wildman–Crippen LogP) is 0.983. The molecule has 0 heterocycles. The van der Waals surface area contributed by atoms with E-state index in [1.807, 2.05) is 33.8 Å². The number of methoxy groups -OCH3 is 1. The number of carbonyl (C=O) groups is 1. The lowest BCUT2D eigenvalue weighted by atomic mass is 9.82. The minimum absolute atomic E-state index is 0.404. The summed E-state index contributed by atoms with van der Waals surface area (Å²) >= 11 is 0. The highest BCUT2D eigenvalue weighted by atomic mass is 16.5. The van der Waals surface area contributed by atoms with Crippen LogP contribution < -0.4 is 11.2 Å². The third-order valence-corrected chi connectivity index (χ3v) is 3.77. The molecule has 0 aliphatic rings. The number of amides is 1. The van der Waals surface area contributed by atoms with Crippen molar-refractivity contribution in [2.75, 3.05) is 7.11 Å². The minimum Gasteiger partial charge on any atom is -0.427 e. The molecule has 1 rings (SSSR count). The Balaban J connectivity index is 2.77. The van der Waals surface area contributed by atoms with Crippen LogP contribution in [0.1, 0.15) is 38.1 Å². The van der Waals surface area contributed by atoms with Crippen molar-refractivity contribution in [2.24, 2.45) is 5.73 Å². The SMILES string of the molecule is COC(C)(C)C(C)(C)OBc1cccc(C(N)=O)c1. The normalized spacial score (nSPS) is 12.3. The van der Waals surface area contributed by atoms with Crippen LogP contribution in [0.25, 0.3) is 0 Å². The van der Waals surface area contributed by atoms with E-state index in [0.717, 1.165) is 5.46 Å². The zero-order valence-corrected chi connectivity index (χ0v) is 12.3. The molecule has 5 heteroatoms. The zero-order chi connectivity index (χ0) is 14.7.